The molecule has 0 aliphatic carbocycles. The van der Waals surface area contributed by atoms with Crippen molar-refractivity contribution in [1.29, 1.82) is 0 Å². The van der Waals surface area contributed by atoms with Crippen molar-refractivity contribution in [2.75, 3.05) is 46.3 Å². The van der Waals surface area contributed by atoms with Crippen molar-refractivity contribution in [3.63, 3.8) is 0 Å². The number of aromatic nitrogens is 1. The van der Waals surface area contributed by atoms with Crippen molar-refractivity contribution >= 4 is 21.8 Å². The molecule has 0 bridgehead atoms. The minimum absolute atomic E-state index is 0.0424. The number of amides is 1. The van der Waals surface area contributed by atoms with Crippen molar-refractivity contribution in [2.24, 2.45) is 0 Å². The lowest BCUT2D eigenvalue weighted by atomic mass is 10.1. The Kier molecular flexibility index (Phi) is 6.99. The zero-order chi connectivity index (χ0) is 19.2. The predicted molar refractivity (Wildman–Crippen MR) is 113 cm³/mol. The largest absolute Gasteiger partial charge is 0.352 e. The van der Waals surface area contributed by atoms with E-state index < -0.39 is 0 Å². The van der Waals surface area contributed by atoms with Gasteiger partial charge in [-0.1, -0.05) is 28.1 Å². The van der Waals surface area contributed by atoms with Gasteiger partial charge >= 0.3 is 0 Å². The average molecular weight is 431 g/mol. The molecule has 2 aromatic rings. The summed E-state index contributed by atoms with van der Waals surface area (Å²) in [6.07, 6.45) is 0.970. The molecule has 0 unspecified atom stereocenters. The van der Waals surface area contributed by atoms with Crippen LogP contribution in [0.4, 0.5) is 0 Å². The molecule has 0 saturated carbocycles. The van der Waals surface area contributed by atoms with Gasteiger partial charge in [0, 0.05) is 42.8 Å². The highest BCUT2D eigenvalue weighted by atomic mass is 79.9. The first-order valence-electron chi connectivity index (χ1n) is 9.45. The number of likely N-dealkylation sites (N-methyl/N-ethyl adjacent to an activating group) is 1. The Balaban J connectivity index is 1.51. The van der Waals surface area contributed by atoms with Crippen molar-refractivity contribution in [2.45, 2.75) is 13.3 Å². The number of nitrogens with one attached hydrogen (secondary N) is 1. The van der Waals surface area contributed by atoms with E-state index >= 15 is 0 Å². The fourth-order valence-corrected chi connectivity index (χ4v) is 3.68. The molecule has 6 heteroatoms. The van der Waals surface area contributed by atoms with Crippen LogP contribution in [0.15, 0.2) is 40.9 Å². The molecule has 1 saturated heterocycles. The second kappa shape index (κ2) is 9.44. The molecular weight excluding hydrogens is 404 g/mol. The van der Waals surface area contributed by atoms with Crippen LogP contribution >= 0.6 is 15.9 Å². The number of carbonyl (C=O) groups is 1. The lowest BCUT2D eigenvalue weighted by Crippen LogP contribution is -2.45. The van der Waals surface area contributed by atoms with E-state index in [0.29, 0.717) is 12.1 Å². The van der Waals surface area contributed by atoms with Gasteiger partial charge in [-0.05, 0) is 51.2 Å². The number of benzene rings is 1. The zero-order valence-corrected chi connectivity index (χ0v) is 17.6. The quantitative estimate of drug-likeness (QED) is 0.714. The minimum atomic E-state index is -0.0424. The monoisotopic (exact) mass is 430 g/mol. The Morgan fingerprint density at radius 1 is 1.19 bits per heavy atom. The third kappa shape index (κ3) is 5.61. The lowest BCUT2D eigenvalue weighted by Gasteiger charge is -2.32. The first-order chi connectivity index (χ1) is 13.0. The Bertz CT molecular complexity index is 788. The summed E-state index contributed by atoms with van der Waals surface area (Å²) in [5.74, 6) is -0.0424. The predicted octanol–water partition coefficient (Wildman–Crippen LogP) is 3.19. The first-order valence-corrected chi connectivity index (χ1v) is 10.2. The Hall–Kier alpha value is -1.76. The number of aryl methyl sites for hydroxylation is 1. The fourth-order valence-electron chi connectivity index (χ4n) is 3.28. The van der Waals surface area contributed by atoms with Gasteiger partial charge in [0.2, 0.25) is 0 Å². The van der Waals surface area contributed by atoms with E-state index in [4.69, 9.17) is 0 Å². The normalized spacial score (nSPS) is 15.7. The number of carbonyl (C=O) groups excluding carboxylic acids is 1. The molecule has 1 fully saturated rings. The van der Waals surface area contributed by atoms with E-state index in [1.165, 1.54) is 0 Å². The van der Waals surface area contributed by atoms with Gasteiger partial charge in [-0.15, -0.1) is 0 Å². The van der Waals surface area contributed by atoms with Crippen LogP contribution in [0.25, 0.3) is 11.3 Å². The van der Waals surface area contributed by atoms with Crippen LogP contribution in [-0.4, -0.2) is 67.0 Å². The minimum Gasteiger partial charge on any atom is -0.352 e. The summed E-state index contributed by atoms with van der Waals surface area (Å²) < 4.78 is 1.02. The maximum absolute atomic E-state index is 12.5. The van der Waals surface area contributed by atoms with Crippen molar-refractivity contribution in [1.82, 2.24) is 20.1 Å². The van der Waals surface area contributed by atoms with Crippen LogP contribution in [0.3, 0.4) is 0 Å². The third-order valence-electron chi connectivity index (χ3n) is 4.98. The van der Waals surface area contributed by atoms with Gasteiger partial charge in [0.25, 0.3) is 5.91 Å². The molecular formula is C21H27BrN4O. The molecule has 1 amide bonds. The molecule has 0 radical (unpaired) electrons. The average Bonchev–Trinajstić information content (AvgIpc) is 2.66. The number of pyridine rings is 1. The summed E-state index contributed by atoms with van der Waals surface area (Å²) in [6, 6.07) is 11.8. The summed E-state index contributed by atoms with van der Waals surface area (Å²) in [4.78, 5) is 21.9. The number of piperazine rings is 1. The van der Waals surface area contributed by atoms with Crippen LogP contribution in [0, 0.1) is 6.92 Å². The van der Waals surface area contributed by atoms with E-state index in [-0.39, 0.29) is 5.91 Å². The SMILES string of the molecule is Cc1nc(-c2cccc(Br)c2)ccc1C(=O)NCCCN1CCN(C)CC1. The zero-order valence-electron chi connectivity index (χ0n) is 16.0. The Morgan fingerprint density at radius 3 is 2.67 bits per heavy atom. The maximum atomic E-state index is 12.5. The van der Waals surface area contributed by atoms with Gasteiger partial charge < -0.3 is 15.1 Å². The smallest absolute Gasteiger partial charge is 0.253 e. The number of nitrogens with zero attached hydrogens (tertiary/aromatic N) is 3. The van der Waals surface area contributed by atoms with Gasteiger partial charge in [0.05, 0.1) is 17.0 Å². The van der Waals surface area contributed by atoms with Crippen molar-refractivity contribution in [3.05, 3.63) is 52.1 Å². The molecule has 5 nitrogen and oxygen atoms in total. The molecule has 2 heterocycles. The highest BCUT2D eigenvalue weighted by molar-refractivity contribution is 9.10. The number of hydrogen-bond acceptors (Lipinski definition) is 4. The van der Waals surface area contributed by atoms with Gasteiger partial charge in [0.1, 0.15) is 0 Å². The molecule has 1 aliphatic rings. The third-order valence-corrected chi connectivity index (χ3v) is 5.48. The van der Waals surface area contributed by atoms with Crippen LogP contribution in [0.2, 0.25) is 0 Å². The number of hydrogen-bond donors (Lipinski definition) is 1. The highest BCUT2D eigenvalue weighted by Crippen LogP contribution is 2.22. The Labute approximate surface area is 169 Å². The van der Waals surface area contributed by atoms with Crippen LogP contribution < -0.4 is 5.32 Å². The van der Waals surface area contributed by atoms with Gasteiger partial charge in [0.15, 0.2) is 0 Å². The van der Waals surface area contributed by atoms with Gasteiger partial charge in [-0.25, -0.2) is 0 Å². The van der Waals surface area contributed by atoms with E-state index in [0.717, 1.165) is 60.6 Å². The second-order valence-electron chi connectivity index (χ2n) is 7.09. The Morgan fingerprint density at radius 2 is 1.96 bits per heavy atom. The van der Waals surface area contributed by atoms with Crippen LogP contribution in [0.1, 0.15) is 22.5 Å². The molecule has 0 atom stereocenters. The van der Waals surface area contributed by atoms with Gasteiger partial charge in [-0.3, -0.25) is 9.78 Å². The standard InChI is InChI=1S/C21H27BrN4O/c1-16-19(7-8-20(24-16)17-5-3-6-18(22)15-17)21(27)23-9-4-10-26-13-11-25(2)12-14-26/h3,5-8,15H,4,9-14H2,1-2H3,(H,23,27). The maximum Gasteiger partial charge on any atom is 0.253 e. The summed E-state index contributed by atoms with van der Waals surface area (Å²) in [7, 11) is 2.16. The summed E-state index contributed by atoms with van der Waals surface area (Å²) in [6.45, 7) is 8.10. The van der Waals surface area contributed by atoms with Crippen LogP contribution in [-0.2, 0) is 0 Å². The highest BCUT2D eigenvalue weighted by Gasteiger charge is 2.14. The molecule has 27 heavy (non-hydrogen) atoms. The van der Waals surface area contributed by atoms with Crippen molar-refractivity contribution < 1.29 is 4.79 Å². The van der Waals surface area contributed by atoms with E-state index in [1.54, 1.807) is 0 Å². The molecule has 1 aromatic carbocycles. The summed E-state index contributed by atoms with van der Waals surface area (Å²) in [5.41, 5.74) is 3.31. The second-order valence-corrected chi connectivity index (χ2v) is 8.01. The number of rotatable bonds is 6. The lowest BCUT2D eigenvalue weighted by molar-refractivity contribution is 0.0948. The summed E-state index contributed by atoms with van der Waals surface area (Å²) in [5, 5.41) is 3.03. The fraction of sp³-hybridized carbons (Fsp3) is 0.429. The topological polar surface area (TPSA) is 48.5 Å². The van der Waals surface area contributed by atoms with E-state index in [9.17, 15) is 4.79 Å². The molecule has 1 N–H and O–H groups in total. The molecule has 1 aliphatic heterocycles. The summed E-state index contributed by atoms with van der Waals surface area (Å²) >= 11 is 3.48. The molecule has 0 spiro atoms. The molecule has 144 valence electrons. The van der Waals surface area contributed by atoms with E-state index in [1.807, 2.05) is 43.3 Å². The molecule has 1 aromatic heterocycles. The number of halogens is 1. The first kappa shape index (κ1) is 20.0. The van der Waals surface area contributed by atoms with Gasteiger partial charge in [-0.2, -0.15) is 0 Å². The molecule has 3 rings (SSSR count). The van der Waals surface area contributed by atoms with E-state index in [2.05, 4.69) is 43.1 Å². The van der Waals surface area contributed by atoms with Crippen molar-refractivity contribution in [3.8, 4) is 11.3 Å². The van der Waals surface area contributed by atoms with Crippen LogP contribution in [0.5, 0.6) is 0 Å².